The van der Waals surface area contributed by atoms with E-state index in [0.717, 1.165) is 12.8 Å². The lowest BCUT2D eigenvalue weighted by molar-refractivity contribution is 0.118. The predicted octanol–water partition coefficient (Wildman–Crippen LogP) is 0.763. The van der Waals surface area contributed by atoms with Gasteiger partial charge in [-0.1, -0.05) is 12.2 Å². The lowest BCUT2D eigenvalue weighted by Crippen LogP contribution is -2.41. The van der Waals surface area contributed by atoms with Crippen LogP contribution in [0.5, 0.6) is 0 Å². The molecule has 2 heterocycles. The number of hydrogen-bond donors (Lipinski definition) is 1. The van der Waals surface area contributed by atoms with Crippen molar-refractivity contribution >= 4 is 27.2 Å². The molecule has 2 rings (SSSR count). The van der Waals surface area contributed by atoms with E-state index in [1.54, 1.807) is 7.11 Å². The lowest BCUT2D eigenvalue weighted by atomic mass is 10.0. The highest BCUT2D eigenvalue weighted by Gasteiger charge is 2.30. The molecule has 1 aromatic heterocycles. The van der Waals surface area contributed by atoms with Crippen molar-refractivity contribution in [1.29, 1.82) is 0 Å². The quantitative estimate of drug-likeness (QED) is 0.803. The van der Waals surface area contributed by atoms with Crippen LogP contribution in [0.1, 0.15) is 18.5 Å². The van der Waals surface area contributed by atoms with Crippen molar-refractivity contribution in [1.82, 2.24) is 9.29 Å². The number of piperidine rings is 1. The summed E-state index contributed by atoms with van der Waals surface area (Å²) in [5.74, 6) is 0.238. The number of ether oxygens (including phenoxy) is 1. The van der Waals surface area contributed by atoms with Crippen molar-refractivity contribution in [3.05, 3.63) is 24.0 Å². The van der Waals surface area contributed by atoms with Crippen molar-refractivity contribution in [3.8, 4) is 0 Å². The zero-order chi connectivity index (χ0) is 15.5. The first kappa shape index (κ1) is 16.3. The van der Waals surface area contributed by atoms with Crippen LogP contribution in [0.4, 0.5) is 0 Å². The number of pyridine rings is 1. The number of nitrogens with two attached hydrogens (primary N) is 1. The van der Waals surface area contributed by atoms with Gasteiger partial charge in [0.15, 0.2) is 0 Å². The molecule has 8 heteroatoms. The fraction of sp³-hybridized carbons (Fsp3) is 0.538. The summed E-state index contributed by atoms with van der Waals surface area (Å²) in [7, 11) is -1.89. The molecule has 1 aliphatic heterocycles. The highest BCUT2D eigenvalue weighted by atomic mass is 32.2. The van der Waals surface area contributed by atoms with Crippen molar-refractivity contribution in [3.63, 3.8) is 0 Å². The Morgan fingerprint density at radius 3 is 2.90 bits per heavy atom. The zero-order valence-electron chi connectivity index (χ0n) is 11.9. The molecular formula is C13H19N3O3S2. The minimum absolute atomic E-state index is 0.150. The zero-order valence-corrected chi connectivity index (χ0v) is 13.5. The Hall–Kier alpha value is -1.09. The van der Waals surface area contributed by atoms with Gasteiger partial charge in [-0.2, -0.15) is 4.31 Å². The van der Waals surface area contributed by atoms with Gasteiger partial charge in [0.05, 0.1) is 12.3 Å². The van der Waals surface area contributed by atoms with E-state index >= 15 is 0 Å². The van der Waals surface area contributed by atoms with E-state index in [1.807, 2.05) is 0 Å². The monoisotopic (exact) mass is 329 g/mol. The van der Waals surface area contributed by atoms with Crippen LogP contribution in [-0.4, -0.2) is 49.5 Å². The first-order valence-electron chi connectivity index (χ1n) is 6.70. The van der Waals surface area contributed by atoms with Crippen LogP contribution in [0.2, 0.25) is 0 Å². The highest BCUT2D eigenvalue weighted by molar-refractivity contribution is 7.89. The predicted molar refractivity (Wildman–Crippen MR) is 83.5 cm³/mol. The Balaban J connectivity index is 2.18. The summed E-state index contributed by atoms with van der Waals surface area (Å²) in [5, 5.41) is 0. The minimum Gasteiger partial charge on any atom is -0.388 e. The van der Waals surface area contributed by atoms with Crippen molar-refractivity contribution < 1.29 is 13.2 Å². The minimum atomic E-state index is -3.52. The van der Waals surface area contributed by atoms with Gasteiger partial charge in [0.1, 0.15) is 9.88 Å². The largest absolute Gasteiger partial charge is 0.388 e. The average Bonchev–Trinajstić information content (AvgIpc) is 2.48. The highest BCUT2D eigenvalue weighted by Crippen LogP contribution is 2.23. The third-order valence-corrected chi connectivity index (χ3v) is 5.57. The molecule has 0 saturated carbocycles. The molecule has 0 aromatic carbocycles. The van der Waals surface area contributed by atoms with E-state index in [-0.39, 0.29) is 15.8 Å². The Kier molecular flexibility index (Phi) is 5.26. The van der Waals surface area contributed by atoms with Gasteiger partial charge in [-0.15, -0.1) is 0 Å². The summed E-state index contributed by atoms with van der Waals surface area (Å²) in [6.45, 7) is 1.58. The van der Waals surface area contributed by atoms with Gasteiger partial charge < -0.3 is 10.5 Å². The molecule has 2 N–H and O–H groups in total. The summed E-state index contributed by atoms with van der Waals surface area (Å²) in [5.41, 5.74) is 5.88. The molecule has 0 spiro atoms. The van der Waals surface area contributed by atoms with Gasteiger partial charge in [-0.25, -0.2) is 8.42 Å². The molecule has 1 unspecified atom stereocenters. The lowest BCUT2D eigenvalue weighted by Gasteiger charge is -2.31. The van der Waals surface area contributed by atoms with E-state index in [0.29, 0.717) is 25.4 Å². The molecule has 1 aliphatic rings. The molecule has 0 aliphatic carbocycles. The van der Waals surface area contributed by atoms with E-state index in [1.165, 1.54) is 22.6 Å². The molecule has 1 fully saturated rings. The van der Waals surface area contributed by atoms with Gasteiger partial charge in [-0.05, 0) is 30.9 Å². The molecule has 0 radical (unpaired) electrons. The van der Waals surface area contributed by atoms with Gasteiger partial charge in [0.2, 0.25) is 10.0 Å². The average molecular weight is 329 g/mol. The maximum Gasteiger partial charge on any atom is 0.244 e. The maximum absolute atomic E-state index is 12.6. The summed E-state index contributed by atoms with van der Waals surface area (Å²) < 4.78 is 31.8. The summed E-state index contributed by atoms with van der Waals surface area (Å²) in [6.07, 6.45) is 3.13. The van der Waals surface area contributed by atoms with E-state index in [2.05, 4.69) is 4.98 Å². The van der Waals surface area contributed by atoms with Crippen LogP contribution < -0.4 is 5.73 Å². The van der Waals surface area contributed by atoms with Crippen LogP contribution in [0.15, 0.2) is 23.2 Å². The Morgan fingerprint density at radius 2 is 2.33 bits per heavy atom. The molecule has 116 valence electrons. The summed E-state index contributed by atoms with van der Waals surface area (Å²) in [4.78, 5) is 4.32. The number of hydrogen-bond acceptors (Lipinski definition) is 5. The van der Waals surface area contributed by atoms with Crippen molar-refractivity contribution in [2.24, 2.45) is 11.7 Å². The van der Waals surface area contributed by atoms with Crippen LogP contribution >= 0.6 is 12.2 Å². The van der Waals surface area contributed by atoms with Crippen molar-refractivity contribution in [2.45, 2.75) is 17.7 Å². The van der Waals surface area contributed by atoms with Gasteiger partial charge in [0, 0.05) is 26.4 Å². The molecule has 1 saturated heterocycles. The first-order valence-corrected chi connectivity index (χ1v) is 8.55. The molecule has 6 nitrogen and oxygen atoms in total. The maximum atomic E-state index is 12.6. The Bertz CT molecular complexity index is 600. The van der Waals surface area contributed by atoms with Crippen LogP contribution in [0.25, 0.3) is 0 Å². The second-order valence-electron chi connectivity index (χ2n) is 5.07. The normalized spacial score (nSPS) is 20.3. The Labute approximate surface area is 130 Å². The number of aromatic nitrogens is 1. The molecule has 0 bridgehead atoms. The van der Waals surface area contributed by atoms with Gasteiger partial charge in [0.25, 0.3) is 0 Å². The summed E-state index contributed by atoms with van der Waals surface area (Å²) in [6, 6.07) is 3.03. The smallest absolute Gasteiger partial charge is 0.244 e. The number of rotatable bonds is 5. The standard InChI is InChI=1S/C13H19N3O3S2/c1-19-9-10-3-2-6-16(8-10)21(17,18)11-4-5-12(13(14)20)15-7-11/h4-5,7,10H,2-3,6,8-9H2,1H3,(H2,14,20). The molecule has 0 amide bonds. The molecule has 1 atom stereocenters. The molecular weight excluding hydrogens is 310 g/mol. The topological polar surface area (TPSA) is 85.5 Å². The van der Waals surface area contributed by atoms with Gasteiger partial charge >= 0.3 is 0 Å². The van der Waals surface area contributed by atoms with Crippen LogP contribution in [0, 0.1) is 5.92 Å². The number of thiocarbonyl (C=S) groups is 1. The van der Waals surface area contributed by atoms with E-state index in [9.17, 15) is 8.42 Å². The van der Waals surface area contributed by atoms with E-state index in [4.69, 9.17) is 22.7 Å². The second kappa shape index (κ2) is 6.78. The number of sulfonamides is 1. The fourth-order valence-electron chi connectivity index (χ4n) is 2.44. The number of methoxy groups -OCH3 is 1. The van der Waals surface area contributed by atoms with Crippen molar-refractivity contribution in [2.75, 3.05) is 26.8 Å². The third kappa shape index (κ3) is 3.76. The number of nitrogens with zero attached hydrogens (tertiary/aromatic N) is 2. The summed E-state index contributed by atoms with van der Waals surface area (Å²) >= 11 is 4.81. The first-order chi connectivity index (χ1) is 9.95. The van der Waals surface area contributed by atoms with Crippen LogP contribution in [-0.2, 0) is 14.8 Å². The molecule has 1 aromatic rings. The molecule has 21 heavy (non-hydrogen) atoms. The third-order valence-electron chi connectivity index (χ3n) is 3.51. The SMILES string of the molecule is COCC1CCCN(S(=O)(=O)c2ccc(C(N)=S)nc2)C1. The van der Waals surface area contributed by atoms with Gasteiger partial charge in [-0.3, -0.25) is 4.98 Å². The van der Waals surface area contributed by atoms with E-state index < -0.39 is 10.0 Å². The fourth-order valence-corrected chi connectivity index (χ4v) is 4.07. The second-order valence-corrected chi connectivity index (χ2v) is 7.45. The Morgan fingerprint density at radius 1 is 1.57 bits per heavy atom. The van der Waals surface area contributed by atoms with Crippen LogP contribution in [0.3, 0.4) is 0 Å².